The number of aromatic nitrogens is 3. The van der Waals surface area contributed by atoms with Crippen LogP contribution in [-0.2, 0) is 6.54 Å². The van der Waals surface area contributed by atoms with E-state index in [1.54, 1.807) is 12.4 Å². The van der Waals surface area contributed by atoms with E-state index in [0.717, 1.165) is 11.4 Å². The Morgan fingerprint density at radius 1 is 1.33 bits per heavy atom. The molecule has 0 aliphatic heterocycles. The van der Waals surface area contributed by atoms with Gasteiger partial charge in [-0.1, -0.05) is 6.07 Å². The molecule has 0 fully saturated rings. The van der Waals surface area contributed by atoms with Crippen molar-refractivity contribution in [1.82, 2.24) is 20.3 Å². The molecular formula is C14H13N5OS. The number of hydrogen-bond donors (Lipinski definition) is 2. The summed E-state index contributed by atoms with van der Waals surface area (Å²) < 4.78 is 0. The number of hydrogen-bond acceptors (Lipinski definition) is 6. The monoisotopic (exact) mass is 299 g/mol. The smallest absolute Gasteiger partial charge is 0.263 e. The van der Waals surface area contributed by atoms with Gasteiger partial charge in [0, 0.05) is 18.1 Å². The quantitative estimate of drug-likeness (QED) is 0.770. The standard InChI is InChI=1S/C14H13N5OS/c1-8-3-2-4-9(19-8)7-18-13(20)12-10(15)11-14(21-12)17-6-5-16-11/h2-6H,7,15H2,1H3,(H,18,20). The molecule has 0 aliphatic carbocycles. The first-order valence-corrected chi connectivity index (χ1v) is 7.16. The number of carbonyl (C=O) groups is 1. The van der Waals surface area contributed by atoms with Crippen LogP contribution in [-0.4, -0.2) is 20.9 Å². The van der Waals surface area contributed by atoms with Crippen LogP contribution in [0.2, 0.25) is 0 Å². The predicted molar refractivity (Wildman–Crippen MR) is 82.0 cm³/mol. The average Bonchev–Trinajstić information content (AvgIpc) is 2.83. The molecule has 0 saturated heterocycles. The van der Waals surface area contributed by atoms with Gasteiger partial charge in [-0.05, 0) is 19.1 Å². The van der Waals surface area contributed by atoms with E-state index in [1.165, 1.54) is 11.3 Å². The number of nitrogen functional groups attached to an aromatic ring is 1. The van der Waals surface area contributed by atoms with Gasteiger partial charge < -0.3 is 11.1 Å². The highest BCUT2D eigenvalue weighted by molar-refractivity contribution is 7.21. The highest BCUT2D eigenvalue weighted by atomic mass is 32.1. The van der Waals surface area contributed by atoms with E-state index in [2.05, 4.69) is 20.3 Å². The number of rotatable bonds is 3. The number of carbonyl (C=O) groups excluding carboxylic acids is 1. The first-order chi connectivity index (χ1) is 10.1. The molecule has 0 aromatic carbocycles. The summed E-state index contributed by atoms with van der Waals surface area (Å²) in [5.74, 6) is -0.236. The molecule has 3 heterocycles. The number of fused-ring (bicyclic) bond motifs is 1. The van der Waals surface area contributed by atoms with Crippen molar-refractivity contribution in [3.8, 4) is 0 Å². The first kappa shape index (κ1) is 13.4. The third-order valence-electron chi connectivity index (χ3n) is 2.95. The fourth-order valence-electron chi connectivity index (χ4n) is 1.96. The zero-order valence-corrected chi connectivity index (χ0v) is 12.1. The van der Waals surface area contributed by atoms with Crippen LogP contribution in [0.1, 0.15) is 21.1 Å². The molecule has 0 bridgehead atoms. The second kappa shape index (κ2) is 5.45. The van der Waals surface area contributed by atoms with Crippen molar-refractivity contribution >= 4 is 33.3 Å². The van der Waals surface area contributed by atoms with E-state index in [4.69, 9.17) is 5.73 Å². The Hall–Kier alpha value is -2.54. The molecule has 0 unspecified atom stereocenters. The van der Waals surface area contributed by atoms with Gasteiger partial charge in [0.05, 0.1) is 17.9 Å². The summed E-state index contributed by atoms with van der Waals surface area (Å²) in [6.45, 7) is 2.27. The second-order valence-electron chi connectivity index (χ2n) is 4.51. The summed E-state index contributed by atoms with van der Waals surface area (Å²) in [5, 5.41) is 2.82. The topological polar surface area (TPSA) is 93.8 Å². The summed E-state index contributed by atoms with van der Waals surface area (Å²) in [6.07, 6.45) is 3.14. The second-order valence-corrected chi connectivity index (χ2v) is 5.51. The minimum atomic E-state index is -0.236. The van der Waals surface area contributed by atoms with Crippen LogP contribution in [0.3, 0.4) is 0 Å². The number of nitrogens with zero attached hydrogens (tertiary/aromatic N) is 3. The maximum absolute atomic E-state index is 12.2. The lowest BCUT2D eigenvalue weighted by atomic mass is 10.3. The molecular weight excluding hydrogens is 286 g/mol. The Kier molecular flexibility index (Phi) is 3.49. The van der Waals surface area contributed by atoms with Crippen LogP contribution in [0.25, 0.3) is 10.3 Å². The number of nitrogens with one attached hydrogen (secondary N) is 1. The number of anilines is 1. The number of thiophene rings is 1. The van der Waals surface area contributed by atoms with E-state index >= 15 is 0 Å². The van der Waals surface area contributed by atoms with E-state index in [1.807, 2.05) is 25.1 Å². The first-order valence-electron chi connectivity index (χ1n) is 6.35. The largest absolute Gasteiger partial charge is 0.396 e. The van der Waals surface area contributed by atoms with Crippen LogP contribution in [0.5, 0.6) is 0 Å². The minimum Gasteiger partial charge on any atom is -0.396 e. The third-order valence-corrected chi connectivity index (χ3v) is 4.05. The van der Waals surface area contributed by atoms with E-state index in [9.17, 15) is 4.79 Å². The summed E-state index contributed by atoms with van der Waals surface area (Å²) in [4.78, 5) is 26.0. The maximum Gasteiger partial charge on any atom is 0.263 e. The van der Waals surface area contributed by atoms with Crippen molar-refractivity contribution in [2.24, 2.45) is 0 Å². The van der Waals surface area contributed by atoms with Crippen molar-refractivity contribution in [3.63, 3.8) is 0 Å². The molecule has 21 heavy (non-hydrogen) atoms. The summed E-state index contributed by atoms with van der Waals surface area (Å²) in [7, 11) is 0. The highest BCUT2D eigenvalue weighted by Crippen LogP contribution is 2.30. The number of aryl methyl sites for hydroxylation is 1. The lowest BCUT2D eigenvalue weighted by Crippen LogP contribution is -2.23. The van der Waals surface area contributed by atoms with Gasteiger partial charge >= 0.3 is 0 Å². The Bertz CT molecular complexity index is 814. The van der Waals surface area contributed by atoms with Gasteiger partial charge in [-0.3, -0.25) is 9.78 Å². The van der Waals surface area contributed by atoms with Gasteiger partial charge in [0.1, 0.15) is 15.2 Å². The number of pyridine rings is 1. The van der Waals surface area contributed by atoms with Gasteiger partial charge in [-0.15, -0.1) is 11.3 Å². The Morgan fingerprint density at radius 3 is 2.90 bits per heavy atom. The molecule has 106 valence electrons. The molecule has 0 saturated carbocycles. The molecule has 1 amide bonds. The summed E-state index contributed by atoms with van der Waals surface area (Å²) in [6, 6.07) is 5.68. The normalized spacial score (nSPS) is 10.7. The lowest BCUT2D eigenvalue weighted by Gasteiger charge is -2.04. The zero-order valence-electron chi connectivity index (χ0n) is 11.3. The summed E-state index contributed by atoms with van der Waals surface area (Å²) >= 11 is 1.24. The van der Waals surface area contributed by atoms with Crippen molar-refractivity contribution in [1.29, 1.82) is 0 Å². The fraction of sp³-hybridized carbons (Fsp3) is 0.143. The number of amides is 1. The molecule has 0 radical (unpaired) electrons. The van der Waals surface area contributed by atoms with Crippen molar-refractivity contribution in [2.75, 3.05) is 5.73 Å². The highest BCUT2D eigenvalue weighted by Gasteiger charge is 2.17. The molecule has 3 N–H and O–H groups in total. The van der Waals surface area contributed by atoms with E-state index in [0.29, 0.717) is 27.5 Å². The summed E-state index contributed by atoms with van der Waals surface area (Å²) in [5.41, 5.74) is 8.63. The van der Waals surface area contributed by atoms with Crippen LogP contribution in [0.4, 0.5) is 5.69 Å². The minimum absolute atomic E-state index is 0.236. The van der Waals surface area contributed by atoms with Crippen molar-refractivity contribution < 1.29 is 4.79 Å². The Labute approximate surface area is 125 Å². The van der Waals surface area contributed by atoms with E-state index < -0.39 is 0 Å². The Balaban J connectivity index is 1.79. The van der Waals surface area contributed by atoms with Gasteiger partial charge in [0.25, 0.3) is 5.91 Å². The molecule has 0 spiro atoms. The molecule has 3 aromatic rings. The number of nitrogens with two attached hydrogens (primary N) is 1. The van der Waals surface area contributed by atoms with Crippen LogP contribution < -0.4 is 11.1 Å². The molecule has 7 heteroatoms. The van der Waals surface area contributed by atoms with Crippen molar-refractivity contribution in [2.45, 2.75) is 13.5 Å². The maximum atomic E-state index is 12.2. The molecule has 3 aromatic heterocycles. The van der Waals surface area contributed by atoms with Gasteiger partial charge in [-0.2, -0.15) is 0 Å². The molecule has 0 atom stereocenters. The Morgan fingerprint density at radius 2 is 2.14 bits per heavy atom. The fourth-order valence-corrected chi connectivity index (χ4v) is 2.90. The van der Waals surface area contributed by atoms with Gasteiger partial charge in [0.2, 0.25) is 0 Å². The van der Waals surface area contributed by atoms with Crippen LogP contribution >= 0.6 is 11.3 Å². The zero-order chi connectivity index (χ0) is 14.8. The molecule has 6 nitrogen and oxygen atoms in total. The van der Waals surface area contributed by atoms with Gasteiger partial charge in [0.15, 0.2) is 0 Å². The molecule has 3 rings (SSSR count). The van der Waals surface area contributed by atoms with Gasteiger partial charge in [-0.25, -0.2) is 9.97 Å². The average molecular weight is 299 g/mol. The predicted octanol–water partition coefficient (Wildman–Crippen LogP) is 1.91. The SMILES string of the molecule is Cc1cccc(CNC(=O)c2sc3nccnc3c2N)n1. The lowest BCUT2D eigenvalue weighted by molar-refractivity contribution is 0.0955. The van der Waals surface area contributed by atoms with Crippen molar-refractivity contribution in [3.05, 3.63) is 46.9 Å². The van der Waals surface area contributed by atoms with Crippen LogP contribution in [0, 0.1) is 6.92 Å². The van der Waals surface area contributed by atoms with Crippen LogP contribution in [0.15, 0.2) is 30.6 Å². The third kappa shape index (κ3) is 2.68. The molecule has 0 aliphatic rings. The van der Waals surface area contributed by atoms with E-state index in [-0.39, 0.29) is 5.91 Å².